The van der Waals surface area contributed by atoms with Crippen molar-refractivity contribution in [2.45, 2.75) is 12.5 Å². The highest BCUT2D eigenvalue weighted by atomic mass is 32.1. The zero-order valence-electron chi connectivity index (χ0n) is 17.1. The van der Waals surface area contributed by atoms with E-state index in [4.69, 9.17) is 4.74 Å². The molecule has 2 aromatic carbocycles. The van der Waals surface area contributed by atoms with Gasteiger partial charge in [-0.25, -0.2) is 9.37 Å². The number of hydrogen-bond acceptors (Lipinski definition) is 5. The lowest BCUT2D eigenvalue weighted by Gasteiger charge is -2.19. The first kappa shape index (κ1) is 20.7. The minimum atomic E-state index is -0.313. The Morgan fingerprint density at radius 2 is 1.94 bits per heavy atom. The molecular formula is C23H21FN4O2S. The minimum Gasteiger partial charge on any atom is -0.497 e. The summed E-state index contributed by atoms with van der Waals surface area (Å²) < 4.78 is 20.2. The van der Waals surface area contributed by atoms with Crippen molar-refractivity contribution in [3.8, 4) is 16.3 Å². The van der Waals surface area contributed by atoms with Crippen LogP contribution in [0.4, 0.5) is 4.39 Å². The number of ether oxygens (including phenoxy) is 1. The van der Waals surface area contributed by atoms with Gasteiger partial charge in [0.25, 0.3) is 5.91 Å². The van der Waals surface area contributed by atoms with Gasteiger partial charge < -0.3 is 10.1 Å². The van der Waals surface area contributed by atoms with E-state index in [0.717, 1.165) is 27.4 Å². The lowest BCUT2D eigenvalue weighted by atomic mass is 9.98. The van der Waals surface area contributed by atoms with Crippen LogP contribution in [0.3, 0.4) is 0 Å². The number of thiazole rings is 1. The Balaban J connectivity index is 1.56. The van der Waals surface area contributed by atoms with E-state index in [2.05, 4.69) is 15.4 Å². The summed E-state index contributed by atoms with van der Waals surface area (Å²) in [4.78, 5) is 17.4. The fraction of sp³-hybridized carbons (Fsp3) is 0.174. The van der Waals surface area contributed by atoms with Crippen LogP contribution in [0.25, 0.3) is 10.6 Å². The van der Waals surface area contributed by atoms with E-state index in [1.54, 1.807) is 35.5 Å². The van der Waals surface area contributed by atoms with Crippen LogP contribution in [-0.4, -0.2) is 27.8 Å². The number of amides is 1. The van der Waals surface area contributed by atoms with Gasteiger partial charge >= 0.3 is 0 Å². The lowest BCUT2D eigenvalue weighted by Crippen LogP contribution is -2.30. The number of halogens is 1. The molecular weight excluding hydrogens is 415 g/mol. The van der Waals surface area contributed by atoms with E-state index >= 15 is 0 Å². The molecule has 31 heavy (non-hydrogen) atoms. The lowest BCUT2D eigenvalue weighted by molar-refractivity contribution is 0.0932. The van der Waals surface area contributed by atoms with Gasteiger partial charge in [-0.15, -0.1) is 11.3 Å². The molecule has 158 valence electrons. The Morgan fingerprint density at radius 1 is 1.19 bits per heavy atom. The van der Waals surface area contributed by atoms with Gasteiger partial charge in [-0.1, -0.05) is 24.3 Å². The third-order valence-corrected chi connectivity index (χ3v) is 5.76. The molecule has 0 fully saturated rings. The number of hydrogen-bond donors (Lipinski definition) is 1. The number of benzene rings is 2. The molecule has 1 unspecified atom stereocenters. The van der Waals surface area contributed by atoms with E-state index < -0.39 is 0 Å². The highest BCUT2D eigenvalue weighted by molar-refractivity contribution is 7.13. The van der Waals surface area contributed by atoms with Gasteiger partial charge in [0.2, 0.25) is 0 Å². The van der Waals surface area contributed by atoms with Crippen LogP contribution >= 0.6 is 11.3 Å². The minimum absolute atomic E-state index is 0.269. The summed E-state index contributed by atoms with van der Waals surface area (Å²) in [5.41, 5.74) is 3.05. The van der Waals surface area contributed by atoms with Crippen LogP contribution < -0.4 is 10.1 Å². The summed E-state index contributed by atoms with van der Waals surface area (Å²) in [6, 6.07) is 13.5. The standard InChI is InChI=1S/C23H21FN4O2S/c1-28-13-17(12-25-28)23-27-21(14-31-23)22(29)26-20(11-15-3-7-18(24)8-4-15)16-5-9-19(30-2)10-6-16/h3-10,12-14,20H,11H2,1-2H3,(H,26,29). The molecule has 0 spiro atoms. The molecule has 8 heteroatoms. The van der Waals surface area contributed by atoms with Crippen molar-refractivity contribution in [1.29, 1.82) is 0 Å². The number of methoxy groups -OCH3 is 1. The highest BCUT2D eigenvalue weighted by Crippen LogP contribution is 2.25. The summed E-state index contributed by atoms with van der Waals surface area (Å²) in [5, 5.41) is 9.69. The van der Waals surface area contributed by atoms with Crippen LogP contribution in [-0.2, 0) is 13.5 Å². The van der Waals surface area contributed by atoms with Gasteiger partial charge in [-0.3, -0.25) is 9.48 Å². The Morgan fingerprint density at radius 3 is 2.58 bits per heavy atom. The Kier molecular flexibility index (Phi) is 6.08. The second-order valence-electron chi connectivity index (χ2n) is 7.07. The first-order chi connectivity index (χ1) is 15.0. The van der Waals surface area contributed by atoms with Crippen molar-refractivity contribution in [3.05, 3.63) is 88.9 Å². The van der Waals surface area contributed by atoms with Crippen molar-refractivity contribution in [3.63, 3.8) is 0 Å². The fourth-order valence-corrected chi connectivity index (χ4v) is 3.99. The molecule has 2 aromatic heterocycles. The maximum atomic E-state index is 13.3. The Bertz CT molecular complexity index is 1170. The second kappa shape index (κ2) is 9.09. The van der Waals surface area contributed by atoms with E-state index in [1.807, 2.05) is 37.5 Å². The van der Waals surface area contributed by atoms with Crippen molar-refractivity contribution >= 4 is 17.2 Å². The fourth-order valence-electron chi connectivity index (χ4n) is 3.22. The molecule has 6 nitrogen and oxygen atoms in total. The molecule has 0 aliphatic rings. The number of rotatable bonds is 7. The molecule has 0 aliphatic heterocycles. The maximum Gasteiger partial charge on any atom is 0.271 e. The van der Waals surface area contributed by atoms with E-state index in [1.165, 1.54) is 23.5 Å². The molecule has 0 aliphatic carbocycles. The second-order valence-corrected chi connectivity index (χ2v) is 7.93. The van der Waals surface area contributed by atoms with Gasteiger partial charge in [-0.2, -0.15) is 5.10 Å². The highest BCUT2D eigenvalue weighted by Gasteiger charge is 2.19. The van der Waals surface area contributed by atoms with Gasteiger partial charge in [0.05, 0.1) is 19.3 Å². The molecule has 1 amide bonds. The molecule has 1 atom stereocenters. The largest absolute Gasteiger partial charge is 0.497 e. The van der Waals surface area contributed by atoms with Crippen LogP contribution in [0.1, 0.15) is 27.7 Å². The molecule has 0 saturated heterocycles. The van der Waals surface area contributed by atoms with Gasteiger partial charge in [-0.05, 0) is 41.8 Å². The monoisotopic (exact) mass is 436 g/mol. The molecule has 4 aromatic rings. The third kappa shape index (κ3) is 4.97. The summed E-state index contributed by atoms with van der Waals surface area (Å²) in [6.45, 7) is 0. The normalized spacial score (nSPS) is 11.8. The first-order valence-electron chi connectivity index (χ1n) is 9.65. The summed E-state index contributed by atoms with van der Waals surface area (Å²) in [5.74, 6) is 0.171. The molecule has 2 heterocycles. The van der Waals surface area contributed by atoms with E-state index in [9.17, 15) is 9.18 Å². The maximum absolute atomic E-state index is 13.3. The van der Waals surface area contributed by atoms with Gasteiger partial charge in [0, 0.05) is 24.2 Å². The number of nitrogens with zero attached hydrogens (tertiary/aromatic N) is 3. The first-order valence-corrected chi connectivity index (χ1v) is 10.5. The summed E-state index contributed by atoms with van der Waals surface area (Å²) in [6.07, 6.45) is 4.09. The predicted octanol–water partition coefficient (Wildman–Crippen LogP) is 4.41. The number of nitrogens with one attached hydrogen (secondary N) is 1. The topological polar surface area (TPSA) is 69.0 Å². The van der Waals surface area contributed by atoms with Crippen molar-refractivity contribution in [2.24, 2.45) is 7.05 Å². The SMILES string of the molecule is COc1ccc(C(Cc2ccc(F)cc2)NC(=O)c2csc(-c3cnn(C)c3)n2)cc1. The molecule has 0 bridgehead atoms. The van der Waals surface area contributed by atoms with Crippen LogP contribution in [0.5, 0.6) is 5.75 Å². The molecule has 1 N–H and O–H groups in total. The summed E-state index contributed by atoms with van der Waals surface area (Å²) in [7, 11) is 3.44. The summed E-state index contributed by atoms with van der Waals surface area (Å²) >= 11 is 1.39. The van der Waals surface area contributed by atoms with Crippen molar-refractivity contribution in [2.75, 3.05) is 7.11 Å². The Labute approximate surface area is 183 Å². The number of aromatic nitrogens is 3. The average Bonchev–Trinajstić information content (AvgIpc) is 3.44. The number of carbonyl (C=O) groups excluding carboxylic acids is 1. The van der Waals surface area contributed by atoms with Crippen molar-refractivity contribution in [1.82, 2.24) is 20.1 Å². The third-order valence-electron chi connectivity index (χ3n) is 4.87. The Hall–Kier alpha value is -3.52. The predicted molar refractivity (Wildman–Crippen MR) is 118 cm³/mol. The quantitative estimate of drug-likeness (QED) is 0.466. The van der Waals surface area contributed by atoms with Crippen LogP contribution in [0.15, 0.2) is 66.3 Å². The molecule has 0 saturated carbocycles. The van der Waals surface area contributed by atoms with E-state index in [-0.39, 0.29) is 17.8 Å². The number of aryl methyl sites for hydroxylation is 1. The van der Waals surface area contributed by atoms with Crippen LogP contribution in [0, 0.1) is 5.82 Å². The smallest absolute Gasteiger partial charge is 0.271 e. The average molecular weight is 437 g/mol. The zero-order valence-corrected chi connectivity index (χ0v) is 17.9. The molecule has 0 radical (unpaired) electrons. The zero-order chi connectivity index (χ0) is 21.8. The van der Waals surface area contributed by atoms with E-state index in [0.29, 0.717) is 12.1 Å². The van der Waals surface area contributed by atoms with Crippen LogP contribution in [0.2, 0.25) is 0 Å². The van der Waals surface area contributed by atoms with Gasteiger partial charge in [0.15, 0.2) is 0 Å². The van der Waals surface area contributed by atoms with Crippen molar-refractivity contribution < 1.29 is 13.9 Å². The molecule has 4 rings (SSSR count). The number of carbonyl (C=O) groups is 1. The van der Waals surface area contributed by atoms with Gasteiger partial charge in [0.1, 0.15) is 22.3 Å².